The van der Waals surface area contributed by atoms with E-state index < -0.39 is 5.25 Å². The summed E-state index contributed by atoms with van der Waals surface area (Å²) in [6, 6.07) is 13.8. The molecule has 3 rings (SSSR count). The molecular weight excluding hydrogens is 382 g/mol. The van der Waals surface area contributed by atoms with Gasteiger partial charge in [-0.15, -0.1) is 0 Å². The first-order valence-electron chi connectivity index (χ1n) is 9.75. The van der Waals surface area contributed by atoms with Crippen molar-refractivity contribution in [2.75, 3.05) is 12.4 Å². The normalized spacial score (nSPS) is 18.0. The zero-order valence-corrected chi connectivity index (χ0v) is 18.3. The molecule has 0 saturated carbocycles. The summed E-state index contributed by atoms with van der Waals surface area (Å²) in [7, 11) is 1.71. The van der Waals surface area contributed by atoms with E-state index in [0.717, 1.165) is 22.5 Å². The van der Waals surface area contributed by atoms with Gasteiger partial charge in [0.25, 0.3) is 0 Å². The van der Waals surface area contributed by atoms with Crippen molar-refractivity contribution in [2.45, 2.75) is 45.3 Å². The van der Waals surface area contributed by atoms with E-state index in [1.54, 1.807) is 7.05 Å². The van der Waals surface area contributed by atoms with Crippen LogP contribution in [0.15, 0.2) is 47.5 Å². The molecule has 6 heteroatoms. The third-order valence-electron chi connectivity index (χ3n) is 5.17. The monoisotopic (exact) mass is 409 g/mol. The van der Waals surface area contributed by atoms with Gasteiger partial charge in [0.05, 0.1) is 5.69 Å². The number of hydrogen-bond donors (Lipinski definition) is 1. The van der Waals surface area contributed by atoms with Crippen LogP contribution in [-0.2, 0) is 9.59 Å². The lowest BCUT2D eigenvalue weighted by molar-refractivity contribution is -0.127. The number of carbonyl (C=O) groups is 2. The van der Waals surface area contributed by atoms with Crippen LogP contribution in [0.3, 0.4) is 0 Å². The average molecular weight is 410 g/mol. The van der Waals surface area contributed by atoms with Crippen LogP contribution in [0.25, 0.3) is 0 Å². The Bertz CT molecular complexity index is 951. The van der Waals surface area contributed by atoms with Crippen LogP contribution in [-0.4, -0.2) is 34.2 Å². The molecule has 1 heterocycles. The first kappa shape index (κ1) is 21.1. The molecule has 2 aromatic carbocycles. The average Bonchev–Trinajstić information content (AvgIpc) is 2.93. The standard InChI is InChI=1S/C23H27N3O2S/c1-14(2)17-9-11-18(12-10-17)24-23-26(5)22(28)20(29-23)13-21(27)25-19-8-6-7-15(3)16(19)4/h6-12,14,20H,13H2,1-5H3,(H,25,27). The summed E-state index contributed by atoms with van der Waals surface area (Å²) in [5.74, 6) is 0.200. The van der Waals surface area contributed by atoms with Crippen molar-refractivity contribution in [3.05, 3.63) is 59.2 Å². The number of aryl methyl sites for hydroxylation is 1. The van der Waals surface area contributed by atoms with Crippen molar-refractivity contribution < 1.29 is 9.59 Å². The molecule has 1 unspecified atom stereocenters. The highest BCUT2D eigenvalue weighted by Crippen LogP contribution is 2.31. The molecule has 1 N–H and O–H groups in total. The number of anilines is 1. The van der Waals surface area contributed by atoms with Gasteiger partial charge in [0.15, 0.2) is 5.17 Å². The lowest BCUT2D eigenvalue weighted by Crippen LogP contribution is -2.30. The number of thioether (sulfide) groups is 1. The Balaban J connectivity index is 1.68. The van der Waals surface area contributed by atoms with Gasteiger partial charge in [-0.3, -0.25) is 14.5 Å². The third-order valence-corrected chi connectivity index (χ3v) is 6.40. The molecular formula is C23H27N3O2S. The Morgan fingerprint density at radius 1 is 1.17 bits per heavy atom. The lowest BCUT2D eigenvalue weighted by Gasteiger charge is -2.12. The number of carbonyl (C=O) groups excluding carboxylic acids is 2. The van der Waals surface area contributed by atoms with Gasteiger partial charge < -0.3 is 5.32 Å². The van der Waals surface area contributed by atoms with Crippen LogP contribution >= 0.6 is 11.8 Å². The second-order valence-corrected chi connectivity index (χ2v) is 8.81. The van der Waals surface area contributed by atoms with E-state index in [1.165, 1.54) is 22.2 Å². The first-order chi connectivity index (χ1) is 13.8. The van der Waals surface area contributed by atoms with Crippen molar-refractivity contribution in [3.63, 3.8) is 0 Å². The molecule has 1 atom stereocenters. The topological polar surface area (TPSA) is 61.8 Å². The number of benzene rings is 2. The molecule has 152 valence electrons. The quantitative estimate of drug-likeness (QED) is 0.754. The summed E-state index contributed by atoms with van der Waals surface area (Å²) in [5, 5.41) is 3.09. The maximum Gasteiger partial charge on any atom is 0.242 e. The van der Waals surface area contributed by atoms with Gasteiger partial charge in [-0.1, -0.05) is 49.9 Å². The number of rotatable bonds is 5. The fraction of sp³-hybridized carbons (Fsp3) is 0.348. The Labute approximate surface area is 176 Å². The van der Waals surface area contributed by atoms with Crippen molar-refractivity contribution in [2.24, 2.45) is 4.99 Å². The van der Waals surface area contributed by atoms with Crippen LogP contribution in [0.2, 0.25) is 0 Å². The maximum atomic E-state index is 12.6. The van der Waals surface area contributed by atoms with Gasteiger partial charge in [-0.05, 0) is 54.7 Å². The number of hydrogen-bond acceptors (Lipinski definition) is 4. The molecule has 0 bridgehead atoms. The molecule has 1 fully saturated rings. The van der Waals surface area contributed by atoms with E-state index in [9.17, 15) is 9.59 Å². The third kappa shape index (κ3) is 4.88. The Kier molecular flexibility index (Phi) is 6.42. The van der Waals surface area contributed by atoms with Crippen LogP contribution in [0.5, 0.6) is 0 Å². The zero-order valence-electron chi connectivity index (χ0n) is 17.5. The van der Waals surface area contributed by atoms with Crippen molar-refractivity contribution in [3.8, 4) is 0 Å². The minimum absolute atomic E-state index is 0.0938. The van der Waals surface area contributed by atoms with E-state index in [1.807, 2.05) is 44.2 Å². The first-order valence-corrected chi connectivity index (χ1v) is 10.6. The molecule has 0 radical (unpaired) electrons. The highest BCUT2D eigenvalue weighted by atomic mass is 32.2. The van der Waals surface area contributed by atoms with Crippen molar-refractivity contribution in [1.82, 2.24) is 4.90 Å². The smallest absolute Gasteiger partial charge is 0.242 e. The molecule has 0 aliphatic carbocycles. The van der Waals surface area contributed by atoms with Crippen LogP contribution in [0.1, 0.15) is 42.9 Å². The van der Waals surface area contributed by atoms with Crippen LogP contribution < -0.4 is 5.32 Å². The highest BCUT2D eigenvalue weighted by Gasteiger charge is 2.37. The van der Waals surface area contributed by atoms with E-state index in [0.29, 0.717) is 11.1 Å². The molecule has 29 heavy (non-hydrogen) atoms. The van der Waals surface area contributed by atoms with Crippen LogP contribution in [0.4, 0.5) is 11.4 Å². The van der Waals surface area contributed by atoms with Gasteiger partial charge >= 0.3 is 0 Å². The number of nitrogens with one attached hydrogen (secondary N) is 1. The van der Waals surface area contributed by atoms with Gasteiger partial charge in [-0.2, -0.15) is 0 Å². The van der Waals surface area contributed by atoms with E-state index in [4.69, 9.17) is 0 Å². The molecule has 2 amide bonds. The largest absolute Gasteiger partial charge is 0.326 e. The SMILES string of the molecule is Cc1cccc(NC(=O)CC2SC(=Nc3ccc(C(C)C)cc3)N(C)C2=O)c1C. The van der Waals surface area contributed by atoms with E-state index in [-0.39, 0.29) is 18.2 Å². The van der Waals surface area contributed by atoms with Gasteiger partial charge in [0.2, 0.25) is 11.8 Å². The summed E-state index contributed by atoms with van der Waals surface area (Å²) >= 11 is 1.34. The Hall–Kier alpha value is -2.60. The van der Waals surface area contributed by atoms with E-state index in [2.05, 4.69) is 36.3 Å². The van der Waals surface area contributed by atoms with Crippen molar-refractivity contribution in [1.29, 1.82) is 0 Å². The minimum Gasteiger partial charge on any atom is -0.326 e. The summed E-state index contributed by atoms with van der Waals surface area (Å²) in [6.07, 6.45) is 0.118. The molecule has 1 aliphatic rings. The molecule has 0 aromatic heterocycles. The predicted molar refractivity (Wildman–Crippen MR) is 121 cm³/mol. The number of aliphatic imine (C=N–C) groups is 1. The number of amides is 2. The van der Waals surface area contributed by atoms with Gasteiger partial charge in [0.1, 0.15) is 5.25 Å². The second kappa shape index (κ2) is 8.82. The predicted octanol–water partition coefficient (Wildman–Crippen LogP) is 5.02. The molecule has 0 spiro atoms. The summed E-state index contributed by atoms with van der Waals surface area (Å²) in [6.45, 7) is 8.28. The molecule has 5 nitrogen and oxygen atoms in total. The number of amidine groups is 1. The van der Waals surface area contributed by atoms with Crippen LogP contribution in [0, 0.1) is 13.8 Å². The van der Waals surface area contributed by atoms with Gasteiger partial charge in [-0.25, -0.2) is 4.99 Å². The fourth-order valence-electron chi connectivity index (χ4n) is 3.10. The minimum atomic E-state index is -0.459. The maximum absolute atomic E-state index is 12.6. The van der Waals surface area contributed by atoms with Gasteiger partial charge in [0, 0.05) is 19.2 Å². The molecule has 2 aromatic rings. The summed E-state index contributed by atoms with van der Waals surface area (Å²) in [5.41, 5.74) is 5.00. The summed E-state index contributed by atoms with van der Waals surface area (Å²) < 4.78 is 0. The highest BCUT2D eigenvalue weighted by molar-refractivity contribution is 8.15. The molecule has 1 saturated heterocycles. The Morgan fingerprint density at radius 3 is 2.52 bits per heavy atom. The second-order valence-electron chi connectivity index (χ2n) is 7.64. The fourth-order valence-corrected chi connectivity index (χ4v) is 4.25. The lowest BCUT2D eigenvalue weighted by atomic mass is 10.0. The zero-order chi connectivity index (χ0) is 21.1. The number of nitrogens with zero attached hydrogens (tertiary/aromatic N) is 2. The Morgan fingerprint density at radius 2 is 1.86 bits per heavy atom. The molecule has 1 aliphatic heterocycles. The summed E-state index contributed by atoms with van der Waals surface area (Å²) in [4.78, 5) is 31.3. The van der Waals surface area contributed by atoms with E-state index >= 15 is 0 Å². The van der Waals surface area contributed by atoms with Crippen molar-refractivity contribution >= 4 is 40.1 Å².